The van der Waals surface area contributed by atoms with E-state index in [2.05, 4.69) is 21.8 Å². The van der Waals surface area contributed by atoms with Gasteiger partial charge in [0.15, 0.2) is 0 Å². The molecular formula is C13H22N4O. The highest BCUT2D eigenvalue weighted by atomic mass is 16.3. The zero-order valence-electron chi connectivity index (χ0n) is 11.2. The van der Waals surface area contributed by atoms with Gasteiger partial charge in [0.2, 0.25) is 0 Å². The number of hydrogen-bond acceptors (Lipinski definition) is 5. The third-order valence-corrected chi connectivity index (χ3v) is 3.57. The number of hydrogen-bond donors (Lipinski definition) is 1. The van der Waals surface area contributed by atoms with Crippen LogP contribution in [0, 0.1) is 5.92 Å². The molecule has 1 aromatic heterocycles. The Hall–Kier alpha value is -1.36. The van der Waals surface area contributed by atoms with Crippen molar-refractivity contribution in [3.63, 3.8) is 0 Å². The lowest BCUT2D eigenvalue weighted by Crippen LogP contribution is -2.33. The summed E-state index contributed by atoms with van der Waals surface area (Å²) in [5, 5.41) is 8.95. The minimum absolute atomic E-state index is 0.136. The average Bonchev–Trinajstić information content (AvgIpc) is 2.40. The Bertz CT molecular complexity index is 377. The lowest BCUT2D eigenvalue weighted by molar-refractivity contribution is 0.304. The van der Waals surface area contributed by atoms with Crippen LogP contribution in [0.5, 0.6) is 0 Å². The highest BCUT2D eigenvalue weighted by Crippen LogP contribution is 2.23. The standard InChI is InChI=1S/C13H22N4O/c1-11-3-5-17(6-4-11)13-9-12(14-10-15-13)16(2)7-8-18/h9-11,18H,3-8H2,1-2H3. The van der Waals surface area contributed by atoms with Gasteiger partial charge in [0, 0.05) is 32.7 Å². The van der Waals surface area contributed by atoms with E-state index in [1.54, 1.807) is 6.33 Å². The number of nitrogens with zero attached hydrogens (tertiary/aromatic N) is 4. The lowest BCUT2D eigenvalue weighted by Gasteiger charge is -2.31. The van der Waals surface area contributed by atoms with E-state index in [1.165, 1.54) is 12.8 Å². The number of likely N-dealkylation sites (N-methyl/N-ethyl adjacent to an activating group) is 1. The summed E-state index contributed by atoms with van der Waals surface area (Å²) in [6, 6.07) is 2.01. The second-order valence-corrected chi connectivity index (χ2v) is 5.05. The zero-order valence-corrected chi connectivity index (χ0v) is 11.2. The summed E-state index contributed by atoms with van der Waals surface area (Å²) in [6.07, 6.45) is 4.06. The molecule has 0 bridgehead atoms. The molecule has 1 aromatic rings. The first kappa shape index (κ1) is 13.1. The predicted octanol–water partition coefficient (Wildman–Crippen LogP) is 1.14. The number of aliphatic hydroxyl groups excluding tert-OH is 1. The molecule has 5 nitrogen and oxygen atoms in total. The van der Waals surface area contributed by atoms with Gasteiger partial charge >= 0.3 is 0 Å². The molecule has 1 aliphatic heterocycles. The van der Waals surface area contributed by atoms with Crippen molar-refractivity contribution in [3.8, 4) is 0 Å². The molecule has 0 spiro atoms. The highest BCUT2D eigenvalue weighted by molar-refractivity contribution is 5.49. The Kier molecular flexibility index (Phi) is 4.36. The summed E-state index contributed by atoms with van der Waals surface area (Å²) in [6.45, 7) is 5.17. The predicted molar refractivity (Wildman–Crippen MR) is 73.0 cm³/mol. The molecule has 2 heterocycles. The number of piperidine rings is 1. The van der Waals surface area contributed by atoms with Gasteiger partial charge in [-0.2, -0.15) is 0 Å². The van der Waals surface area contributed by atoms with E-state index in [0.29, 0.717) is 6.54 Å². The second-order valence-electron chi connectivity index (χ2n) is 5.05. The first-order valence-corrected chi connectivity index (χ1v) is 6.59. The summed E-state index contributed by atoms with van der Waals surface area (Å²) >= 11 is 0. The van der Waals surface area contributed by atoms with Gasteiger partial charge in [-0.05, 0) is 18.8 Å². The Morgan fingerprint density at radius 2 is 2.11 bits per heavy atom. The summed E-state index contributed by atoms with van der Waals surface area (Å²) in [5.74, 6) is 2.68. The molecule has 1 fully saturated rings. The van der Waals surface area contributed by atoms with Gasteiger partial charge in [-0.15, -0.1) is 0 Å². The first-order valence-electron chi connectivity index (χ1n) is 6.59. The first-order chi connectivity index (χ1) is 8.70. The maximum Gasteiger partial charge on any atom is 0.134 e. The smallest absolute Gasteiger partial charge is 0.134 e. The molecule has 2 rings (SSSR count). The van der Waals surface area contributed by atoms with E-state index in [9.17, 15) is 0 Å². The SMILES string of the molecule is CC1CCN(c2cc(N(C)CCO)ncn2)CC1. The molecule has 0 aromatic carbocycles. The van der Waals surface area contributed by atoms with E-state index >= 15 is 0 Å². The van der Waals surface area contributed by atoms with Crippen LogP contribution in [0.3, 0.4) is 0 Å². The third kappa shape index (κ3) is 3.10. The Labute approximate surface area is 108 Å². The monoisotopic (exact) mass is 250 g/mol. The van der Waals surface area contributed by atoms with Crippen LogP contribution < -0.4 is 9.80 Å². The summed E-state index contributed by atoms with van der Waals surface area (Å²) in [5.41, 5.74) is 0. The van der Waals surface area contributed by atoms with E-state index in [0.717, 1.165) is 30.6 Å². The molecule has 18 heavy (non-hydrogen) atoms. The van der Waals surface area contributed by atoms with E-state index in [1.807, 2.05) is 18.0 Å². The third-order valence-electron chi connectivity index (χ3n) is 3.57. The van der Waals surface area contributed by atoms with Gasteiger partial charge in [0.1, 0.15) is 18.0 Å². The molecule has 100 valence electrons. The fourth-order valence-corrected chi connectivity index (χ4v) is 2.22. The summed E-state index contributed by atoms with van der Waals surface area (Å²) in [7, 11) is 1.93. The molecular weight excluding hydrogens is 228 g/mol. The van der Waals surface area contributed by atoms with Gasteiger partial charge < -0.3 is 14.9 Å². The van der Waals surface area contributed by atoms with Crippen molar-refractivity contribution in [3.05, 3.63) is 12.4 Å². The van der Waals surface area contributed by atoms with Gasteiger partial charge in [-0.1, -0.05) is 6.92 Å². The largest absolute Gasteiger partial charge is 0.395 e. The van der Waals surface area contributed by atoms with Crippen LogP contribution >= 0.6 is 0 Å². The van der Waals surface area contributed by atoms with Gasteiger partial charge in [0.05, 0.1) is 6.61 Å². The van der Waals surface area contributed by atoms with Crippen molar-refractivity contribution >= 4 is 11.6 Å². The normalized spacial score (nSPS) is 16.9. The number of aromatic nitrogens is 2. The molecule has 0 aliphatic carbocycles. The fraction of sp³-hybridized carbons (Fsp3) is 0.692. The van der Waals surface area contributed by atoms with Crippen LogP contribution in [0.2, 0.25) is 0 Å². The molecule has 1 saturated heterocycles. The minimum Gasteiger partial charge on any atom is -0.395 e. The van der Waals surface area contributed by atoms with E-state index in [-0.39, 0.29) is 6.61 Å². The van der Waals surface area contributed by atoms with Crippen LogP contribution in [0.1, 0.15) is 19.8 Å². The van der Waals surface area contributed by atoms with Crippen LogP contribution in [0.4, 0.5) is 11.6 Å². The number of aliphatic hydroxyl groups is 1. The zero-order chi connectivity index (χ0) is 13.0. The Morgan fingerprint density at radius 1 is 1.39 bits per heavy atom. The summed E-state index contributed by atoms with van der Waals surface area (Å²) in [4.78, 5) is 12.9. The molecule has 0 atom stereocenters. The minimum atomic E-state index is 0.136. The Balaban J connectivity index is 2.07. The molecule has 0 amide bonds. The van der Waals surface area contributed by atoms with Crippen LogP contribution in [0.15, 0.2) is 12.4 Å². The summed E-state index contributed by atoms with van der Waals surface area (Å²) < 4.78 is 0. The van der Waals surface area contributed by atoms with E-state index < -0.39 is 0 Å². The molecule has 5 heteroatoms. The van der Waals surface area contributed by atoms with Crippen molar-refractivity contribution in [2.75, 3.05) is 43.1 Å². The second kappa shape index (κ2) is 6.00. The topological polar surface area (TPSA) is 52.5 Å². The average molecular weight is 250 g/mol. The highest BCUT2D eigenvalue weighted by Gasteiger charge is 2.17. The molecule has 1 aliphatic rings. The van der Waals surface area contributed by atoms with Gasteiger partial charge in [-0.25, -0.2) is 9.97 Å². The van der Waals surface area contributed by atoms with Crippen LogP contribution in [0.25, 0.3) is 0 Å². The number of anilines is 2. The molecule has 0 saturated carbocycles. The maximum atomic E-state index is 8.95. The Morgan fingerprint density at radius 3 is 2.78 bits per heavy atom. The van der Waals surface area contributed by atoms with Gasteiger partial charge in [0.25, 0.3) is 0 Å². The van der Waals surface area contributed by atoms with Crippen molar-refractivity contribution < 1.29 is 5.11 Å². The van der Waals surface area contributed by atoms with E-state index in [4.69, 9.17) is 5.11 Å². The van der Waals surface area contributed by atoms with Crippen molar-refractivity contribution in [2.24, 2.45) is 5.92 Å². The van der Waals surface area contributed by atoms with Gasteiger partial charge in [-0.3, -0.25) is 0 Å². The molecule has 0 unspecified atom stereocenters. The van der Waals surface area contributed by atoms with Crippen LogP contribution in [-0.4, -0.2) is 48.4 Å². The van der Waals surface area contributed by atoms with Crippen molar-refractivity contribution in [1.82, 2.24) is 9.97 Å². The molecule has 0 radical (unpaired) electrons. The van der Waals surface area contributed by atoms with Crippen LogP contribution in [-0.2, 0) is 0 Å². The molecule has 1 N–H and O–H groups in total. The fourth-order valence-electron chi connectivity index (χ4n) is 2.22. The quantitative estimate of drug-likeness (QED) is 0.868. The lowest BCUT2D eigenvalue weighted by atomic mass is 9.99. The van der Waals surface area contributed by atoms with Crippen molar-refractivity contribution in [1.29, 1.82) is 0 Å². The maximum absolute atomic E-state index is 8.95. The van der Waals surface area contributed by atoms with Crippen molar-refractivity contribution in [2.45, 2.75) is 19.8 Å². The number of rotatable bonds is 4.